The Morgan fingerprint density at radius 1 is 1.50 bits per heavy atom. The lowest BCUT2D eigenvalue weighted by Crippen LogP contribution is -2.06. The maximum Gasteiger partial charge on any atom is 0.124 e. The molecule has 0 aliphatic rings. The van der Waals surface area contributed by atoms with Gasteiger partial charge < -0.3 is 5.32 Å². The molecule has 0 amide bonds. The number of nitrogens with one attached hydrogen (secondary N) is 1. The summed E-state index contributed by atoms with van der Waals surface area (Å²) in [6.45, 7) is 2.39. The normalized spacial score (nSPS) is 10.7. The number of benzene rings is 1. The zero-order valence-corrected chi connectivity index (χ0v) is 12.3. The van der Waals surface area contributed by atoms with Crippen molar-refractivity contribution < 1.29 is 4.39 Å². The van der Waals surface area contributed by atoms with Crippen LogP contribution in [0.3, 0.4) is 0 Å². The van der Waals surface area contributed by atoms with E-state index in [9.17, 15) is 4.39 Å². The fraction of sp³-hybridized carbons (Fsp3) is 0.250. The van der Waals surface area contributed by atoms with Gasteiger partial charge in [0.25, 0.3) is 0 Å². The van der Waals surface area contributed by atoms with Crippen molar-refractivity contribution in [2.75, 3.05) is 5.32 Å². The van der Waals surface area contributed by atoms with Crippen LogP contribution in [0, 0.1) is 12.7 Å². The molecule has 0 saturated heterocycles. The third kappa shape index (κ3) is 2.67. The summed E-state index contributed by atoms with van der Waals surface area (Å²) in [4.78, 5) is 0. The third-order valence-corrected chi connectivity index (χ3v) is 3.79. The van der Waals surface area contributed by atoms with Gasteiger partial charge in [-0.25, -0.2) is 4.39 Å². The molecule has 1 heterocycles. The van der Waals surface area contributed by atoms with Crippen LogP contribution in [-0.4, -0.2) is 9.78 Å². The molecule has 0 saturated carbocycles. The number of aromatic nitrogens is 2. The van der Waals surface area contributed by atoms with Crippen LogP contribution >= 0.6 is 27.5 Å². The van der Waals surface area contributed by atoms with E-state index >= 15 is 0 Å². The van der Waals surface area contributed by atoms with Gasteiger partial charge in [-0.3, -0.25) is 4.68 Å². The molecule has 0 unspecified atom stereocenters. The smallest absolute Gasteiger partial charge is 0.124 e. The van der Waals surface area contributed by atoms with Gasteiger partial charge in [0.2, 0.25) is 0 Å². The molecule has 0 bridgehead atoms. The number of hydrogen-bond acceptors (Lipinski definition) is 2. The minimum Gasteiger partial charge on any atom is -0.378 e. The molecule has 0 radical (unpaired) electrons. The molecule has 96 valence electrons. The second-order valence-electron chi connectivity index (χ2n) is 3.95. The van der Waals surface area contributed by atoms with E-state index in [4.69, 9.17) is 11.6 Å². The first-order valence-corrected chi connectivity index (χ1v) is 6.53. The summed E-state index contributed by atoms with van der Waals surface area (Å²) in [5, 5.41) is 8.08. The average molecular weight is 333 g/mol. The minimum absolute atomic E-state index is 0.276. The van der Waals surface area contributed by atoms with Crippen LogP contribution in [0.2, 0.25) is 5.02 Å². The van der Waals surface area contributed by atoms with Gasteiger partial charge >= 0.3 is 0 Å². The van der Waals surface area contributed by atoms with E-state index in [0.29, 0.717) is 16.0 Å². The highest BCUT2D eigenvalue weighted by molar-refractivity contribution is 9.10. The lowest BCUT2D eigenvalue weighted by Gasteiger charge is -2.09. The summed E-state index contributed by atoms with van der Waals surface area (Å²) in [6, 6.07) is 4.50. The molecule has 6 heteroatoms. The van der Waals surface area contributed by atoms with Crippen molar-refractivity contribution in [3.8, 4) is 0 Å². The van der Waals surface area contributed by atoms with E-state index < -0.39 is 0 Å². The molecule has 2 aromatic rings. The van der Waals surface area contributed by atoms with Crippen molar-refractivity contribution in [3.63, 3.8) is 0 Å². The largest absolute Gasteiger partial charge is 0.378 e. The van der Waals surface area contributed by atoms with Crippen LogP contribution in [0.5, 0.6) is 0 Å². The maximum absolute atomic E-state index is 12.9. The van der Waals surface area contributed by atoms with E-state index in [1.807, 2.05) is 14.0 Å². The molecule has 1 N–H and O–H groups in total. The summed E-state index contributed by atoms with van der Waals surface area (Å²) >= 11 is 9.46. The maximum atomic E-state index is 12.9. The Balaban J connectivity index is 2.16. The van der Waals surface area contributed by atoms with Crippen molar-refractivity contribution >= 4 is 33.2 Å². The first-order valence-electron chi connectivity index (χ1n) is 5.36. The second kappa shape index (κ2) is 5.28. The fourth-order valence-electron chi connectivity index (χ4n) is 1.68. The lowest BCUT2D eigenvalue weighted by atomic mass is 10.3. The third-order valence-electron chi connectivity index (χ3n) is 2.64. The van der Waals surface area contributed by atoms with Crippen LogP contribution in [-0.2, 0) is 13.6 Å². The quantitative estimate of drug-likeness (QED) is 0.924. The molecule has 0 aliphatic heterocycles. The Bertz CT molecular complexity index is 583. The Morgan fingerprint density at radius 2 is 2.22 bits per heavy atom. The van der Waals surface area contributed by atoms with Gasteiger partial charge in [0.1, 0.15) is 5.82 Å². The van der Waals surface area contributed by atoms with Gasteiger partial charge in [-0.05, 0) is 41.1 Å². The highest BCUT2D eigenvalue weighted by Gasteiger charge is 2.11. The standard InChI is InChI=1S/C12H12BrClFN3/c1-7-12(14)11(18(2)17-7)6-16-10-4-3-8(15)5-9(10)13/h3-5,16H,6H2,1-2H3. The molecule has 18 heavy (non-hydrogen) atoms. The van der Waals surface area contributed by atoms with Gasteiger partial charge in [-0.1, -0.05) is 11.6 Å². The van der Waals surface area contributed by atoms with E-state index in [2.05, 4.69) is 26.3 Å². The number of halogens is 3. The van der Waals surface area contributed by atoms with Crippen LogP contribution in [0.4, 0.5) is 10.1 Å². The Hall–Kier alpha value is -1.07. The first-order chi connectivity index (χ1) is 8.49. The monoisotopic (exact) mass is 331 g/mol. The second-order valence-corrected chi connectivity index (χ2v) is 5.18. The average Bonchev–Trinajstić information content (AvgIpc) is 2.53. The van der Waals surface area contributed by atoms with Crippen molar-refractivity contribution in [1.29, 1.82) is 0 Å². The lowest BCUT2D eigenvalue weighted by molar-refractivity contribution is 0.627. The van der Waals surface area contributed by atoms with Gasteiger partial charge in [0.05, 0.1) is 23.0 Å². The number of hydrogen-bond donors (Lipinski definition) is 1. The highest BCUT2D eigenvalue weighted by Crippen LogP contribution is 2.25. The predicted octanol–water partition coefficient (Wildman–Crippen LogP) is 3.90. The van der Waals surface area contributed by atoms with Crippen molar-refractivity contribution in [1.82, 2.24) is 9.78 Å². The molecule has 2 rings (SSSR count). The Labute approximate surface area is 118 Å². The number of rotatable bonds is 3. The molecule has 1 aromatic carbocycles. The Kier molecular flexibility index (Phi) is 3.92. The van der Waals surface area contributed by atoms with E-state index in [1.54, 1.807) is 10.7 Å². The van der Waals surface area contributed by atoms with E-state index in [1.165, 1.54) is 12.1 Å². The van der Waals surface area contributed by atoms with Crippen LogP contribution < -0.4 is 5.32 Å². The van der Waals surface area contributed by atoms with E-state index in [0.717, 1.165) is 17.1 Å². The highest BCUT2D eigenvalue weighted by atomic mass is 79.9. The molecule has 3 nitrogen and oxygen atoms in total. The van der Waals surface area contributed by atoms with Crippen molar-refractivity contribution in [2.24, 2.45) is 7.05 Å². The van der Waals surface area contributed by atoms with E-state index in [-0.39, 0.29) is 5.82 Å². The molecule has 0 spiro atoms. The minimum atomic E-state index is -0.276. The summed E-state index contributed by atoms with van der Waals surface area (Å²) in [6.07, 6.45) is 0. The summed E-state index contributed by atoms with van der Waals surface area (Å²) in [7, 11) is 1.84. The van der Waals surface area contributed by atoms with Crippen molar-refractivity contribution in [2.45, 2.75) is 13.5 Å². The zero-order chi connectivity index (χ0) is 13.3. The summed E-state index contributed by atoms with van der Waals surface area (Å²) in [5.41, 5.74) is 2.51. The zero-order valence-electron chi connectivity index (χ0n) is 9.97. The molecule has 0 fully saturated rings. The molecular weight excluding hydrogens is 321 g/mol. The van der Waals surface area contributed by atoms with Gasteiger partial charge in [-0.15, -0.1) is 0 Å². The van der Waals surface area contributed by atoms with Crippen LogP contribution in [0.15, 0.2) is 22.7 Å². The molecule has 1 aromatic heterocycles. The fourth-order valence-corrected chi connectivity index (χ4v) is 2.40. The summed E-state index contributed by atoms with van der Waals surface area (Å²) in [5.74, 6) is -0.276. The van der Waals surface area contributed by atoms with Gasteiger partial charge in [-0.2, -0.15) is 5.10 Å². The molecule has 0 aliphatic carbocycles. The van der Waals surface area contributed by atoms with Crippen LogP contribution in [0.1, 0.15) is 11.4 Å². The van der Waals surface area contributed by atoms with Gasteiger partial charge in [0.15, 0.2) is 0 Å². The number of nitrogens with zero attached hydrogens (tertiary/aromatic N) is 2. The van der Waals surface area contributed by atoms with Crippen LogP contribution in [0.25, 0.3) is 0 Å². The number of aryl methyl sites for hydroxylation is 2. The molecular formula is C12H12BrClFN3. The molecule has 0 atom stereocenters. The number of anilines is 1. The first kappa shape index (κ1) is 13.4. The topological polar surface area (TPSA) is 29.9 Å². The SMILES string of the molecule is Cc1nn(C)c(CNc2ccc(F)cc2Br)c1Cl. The van der Waals surface area contributed by atoms with Crippen molar-refractivity contribution in [3.05, 3.63) is 44.9 Å². The Morgan fingerprint density at radius 3 is 2.78 bits per heavy atom. The van der Waals surface area contributed by atoms with Gasteiger partial charge in [0, 0.05) is 17.2 Å². The summed E-state index contributed by atoms with van der Waals surface area (Å²) < 4.78 is 15.4. The predicted molar refractivity (Wildman–Crippen MR) is 74.4 cm³/mol.